The Bertz CT molecular complexity index is 593. The van der Waals surface area contributed by atoms with Gasteiger partial charge in [0.15, 0.2) is 0 Å². The lowest BCUT2D eigenvalue weighted by Crippen LogP contribution is -2.09. The standard InChI is InChI=1S/C17H24N4/c1-12(2)9-10-18-17-19-14(4)11-16(21-17)20-15-8-6-5-7-13(15)3/h5-8,11-12H,9-10H2,1-4H3,(H2,18,19,20,21). The molecule has 0 aliphatic rings. The highest BCUT2D eigenvalue weighted by atomic mass is 15.1. The first-order chi connectivity index (χ1) is 10.0. The predicted octanol–water partition coefficient (Wildman–Crippen LogP) is 4.30. The van der Waals surface area contributed by atoms with Crippen molar-refractivity contribution in [1.29, 1.82) is 0 Å². The maximum Gasteiger partial charge on any atom is 0.224 e. The van der Waals surface area contributed by atoms with Gasteiger partial charge in [-0.05, 0) is 37.8 Å². The molecule has 1 aromatic heterocycles. The van der Waals surface area contributed by atoms with Crippen molar-refractivity contribution in [2.24, 2.45) is 5.92 Å². The summed E-state index contributed by atoms with van der Waals surface area (Å²) in [6.45, 7) is 9.38. The van der Waals surface area contributed by atoms with Gasteiger partial charge < -0.3 is 10.6 Å². The van der Waals surface area contributed by atoms with E-state index in [0.29, 0.717) is 11.9 Å². The Kier molecular flexibility index (Phi) is 5.14. The van der Waals surface area contributed by atoms with Crippen LogP contribution >= 0.6 is 0 Å². The second kappa shape index (κ2) is 7.07. The summed E-state index contributed by atoms with van der Waals surface area (Å²) in [5.74, 6) is 2.18. The molecule has 0 aliphatic heterocycles. The number of para-hydroxylation sites is 1. The van der Waals surface area contributed by atoms with Crippen LogP contribution in [0.2, 0.25) is 0 Å². The SMILES string of the molecule is Cc1cc(Nc2ccccc2C)nc(NCCC(C)C)n1. The Morgan fingerprint density at radius 3 is 2.57 bits per heavy atom. The third kappa shape index (κ3) is 4.74. The molecule has 112 valence electrons. The van der Waals surface area contributed by atoms with E-state index in [9.17, 15) is 0 Å². The van der Waals surface area contributed by atoms with Gasteiger partial charge in [-0.15, -0.1) is 0 Å². The minimum absolute atomic E-state index is 0.673. The average Bonchev–Trinajstić information content (AvgIpc) is 2.40. The quantitative estimate of drug-likeness (QED) is 0.830. The second-order valence-electron chi connectivity index (χ2n) is 5.77. The van der Waals surface area contributed by atoms with Crippen molar-refractivity contribution in [3.05, 3.63) is 41.6 Å². The van der Waals surface area contributed by atoms with Crippen LogP contribution in [0.5, 0.6) is 0 Å². The van der Waals surface area contributed by atoms with Crippen LogP contribution in [-0.2, 0) is 0 Å². The molecule has 0 saturated carbocycles. The van der Waals surface area contributed by atoms with E-state index in [4.69, 9.17) is 0 Å². The van der Waals surface area contributed by atoms with E-state index in [-0.39, 0.29) is 0 Å². The number of benzene rings is 1. The van der Waals surface area contributed by atoms with Gasteiger partial charge in [-0.25, -0.2) is 4.98 Å². The first kappa shape index (κ1) is 15.3. The molecular formula is C17H24N4. The minimum Gasteiger partial charge on any atom is -0.354 e. The van der Waals surface area contributed by atoms with Crippen molar-refractivity contribution in [2.45, 2.75) is 34.1 Å². The molecule has 1 heterocycles. The predicted molar refractivity (Wildman–Crippen MR) is 89.2 cm³/mol. The number of anilines is 3. The first-order valence-electron chi connectivity index (χ1n) is 7.47. The van der Waals surface area contributed by atoms with Gasteiger partial charge in [0.1, 0.15) is 5.82 Å². The Balaban J connectivity index is 2.10. The van der Waals surface area contributed by atoms with Crippen molar-refractivity contribution >= 4 is 17.5 Å². The number of hydrogen-bond acceptors (Lipinski definition) is 4. The van der Waals surface area contributed by atoms with Gasteiger partial charge in [-0.1, -0.05) is 32.0 Å². The fourth-order valence-electron chi connectivity index (χ4n) is 2.04. The summed E-state index contributed by atoms with van der Waals surface area (Å²) in [5.41, 5.74) is 3.22. The topological polar surface area (TPSA) is 49.8 Å². The number of nitrogens with zero attached hydrogens (tertiary/aromatic N) is 2. The summed E-state index contributed by atoms with van der Waals surface area (Å²) in [6, 6.07) is 10.1. The van der Waals surface area contributed by atoms with Gasteiger partial charge in [0.2, 0.25) is 5.95 Å². The molecule has 0 radical (unpaired) electrons. The molecule has 0 unspecified atom stereocenters. The molecule has 21 heavy (non-hydrogen) atoms. The third-order valence-corrected chi connectivity index (χ3v) is 3.27. The van der Waals surface area contributed by atoms with Gasteiger partial charge in [0.25, 0.3) is 0 Å². The number of nitrogens with one attached hydrogen (secondary N) is 2. The van der Waals surface area contributed by atoms with E-state index in [0.717, 1.165) is 30.2 Å². The molecule has 2 N–H and O–H groups in total. The lowest BCUT2D eigenvalue weighted by molar-refractivity contribution is 0.606. The number of rotatable bonds is 6. The van der Waals surface area contributed by atoms with Crippen molar-refractivity contribution in [1.82, 2.24) is 9.97 Å². The highest BCUT2D eigenvalue weighted by molar-refractivity contribution is 5.61. The largest absolute Gasteiger partial charge is 0.354 e. The van der Waals surface area contributed by atoms with Crippen molar-refractivity contribution in [3.63, 3.8) is 0 Å². The third-order valence-electron chi connectivity index (χ3n) is 3.27. The van der Waals surface area contributed by atoms with Crippen LogP contribution in [0, 0.1) is 19.8 Å². The number of hydrogen-bond donors (Lipinski definition) is 2. The molecule has 2 aromatic rings. The molecule has 0 fully saturated rings. The van der Waals surface area contributed by atoms with Gasteiger partial charge in [-0.2, -0.15) is 4.98 Å². The van der Waals surface area contributed by atoms with Crippen LogP contribution in [0.25, 0.3) is 0 Å². The van der Waals surface area contributed by atoms with Gasteiger partial charge in [0.05, 0.1) is 0 Å². The van der Waals surface area contributed by atoms with E-state index in [2.05, 4.69) is 53.5 Å². The Morgan fingerprint density at radius 1 is 1.10 bits per heavy atom. The molecule has 4 heteroatoms. The number of aromatic nitrogens is 2. The fourth-order valence-corrected chi connectivity index (χ4v) is 2.04. The van der Waals surface area contributed by atoms with Crippen molar-refractivity contribution < 1.29 is 0 Å². The Morgan fingerprint density at radius 2 is 1.86 bits per heavy atom. The zero-order chi connectivity index (χ0) is 15.2. The van der Waals surface area contributed by atoms with Gasteiger partial charge >= 0.3 is 0 Å². The van der Waals surface area contributed by atoms with E-state index < -0.39 is 0 Å². The molecule has 0 bridgehead atoms. The summed E-state index contributed by atoms with van der Waals surface area (Å²) >= 11 is 0. The Labute approximate surface area is 127 Å². The smallest absolute Gasteiger partial charge is 0.224 e. The average molecular weight is 284 g/mol. The zero-order valence-electron chi connectivity index (χ0n) is 13.3. The molecule has 0 atom stereocenters. The van der Waals surface area contributed by atoms with Crippen molar-refractivity contribution in [2.75, 3.05) is 17.2 Å². The molecule has 1 aromatic carbocycles. The number of aryl methyl sites for hydroxylation is 2. The summed E-state index contributed by atoms with van der Waals surface area (Å²) in [5, 5.41) is 6.66. The zero-order valence-corrected chi connectivity index (χ0v) is 13.3. The Hall–Kier alpha value is -2.10. The van der Waals surface area contributed by atoms with Crippen LogP contribution in [-0.4, -0.2) is 16.5 Å². The molecule has 4 nitrogen and oxygen atoms in total. The van der Waals surface area contributed by atoms with Crippen LogP contribution in [0.15, 0.2) is 30.3 Å². The lowest BCUT2D eigenvalue weighted by atomic mass is 10.1. The molecule has 0 saturated heterocycles. The van der Waals surface area contributed by atoms with Gasteiger partial charge in [0, 0.05) is 24.0 Å². The summed E-state index contributed by atoms with van der Waals surface area (Å²) < 4.78 is 0. The molecular weight excluding hydrogens is 260 g/mol. The van der Waals surface area contributed by atoms with E-state index in [1.165, 1.54) is 5.56 Å². The summed E-state index contributed by atoms with van der Waals surface area (Å²) in [6.07, 6.45) is 1.11. The van der Waals surface area contributed by atoms with Crippen LogP contribution in [0.4, 0.5) is 17.5 Å². The van der Waals surface area contributed by atoms with Crippen LogP contribution in [0.3, 0.4) is 0 Å². The van der Waals surface area contributed by atoms with Crippen LogP contribution in [0.1, 0.15) is 31.5 Å². The maximum atomic E-state index is 4.53. The minimum atomic E-state index is 0.673. The van der Waals surface area contributed by atoms with E-state index in [1.54, 1.807) is 0 Å². The molecule has 2 rings (SSSR count). The second-order valence-corrected chi connectivity index (χ2v) is 5.77. The molecule has 0 aliphatic carbocycles. The van der Waals surface area contributed by atoms with Crippen LogP contribution < -0.4 is 10.6 Å². The highest BCUT2D eigenvalue weighted by Crippen LogP contribution is 2.20. The normalized spacial score (nSPS) is 10.7. The first-order valence-corrected chi connectivity index (χ1v) is 7.47. The highest BCUT2D eigenvalue weighted by Gasteiger charge is 2.04. The monoisotopic (exact) mass is 284 g/mol. The summed E-state index contributed by atoms with van der Waals surface area (Å²) in [7, 11) is 0. The van der Waals surface area contributed by atoms with E-state index >= 15 is 0 Å². The summed E-state index contributed by atoms with van der Waals surface area (Å²) in [4.78, 5) is 8.97. The molecule has 0 amide bonds. The van der Waals surface area contributed by atoms with E-state index in [1.807, 2.05) is 25.1 Å². The molecule has 0 spiro atoms. The van der Waals surface area contributed by atoms with Crippen molar-refractivity contribution in [3.8, 4) is 0 Å². The lowest BCUT2D eigenvalue weighted by Gasteiger charge is -2.12. The maximum absolute atomic E-state index is 4.53. The van der Waals surface area contributed by atoms with Gasteiger partial charge in [-0.3, -0.25) is 0 Å². The fraction of sp³-hybridized carbons (Fsp3) is 0.412.